The molecule has 4 nitrogen and oxygen atoms in total. The van der Waals surface area contributed by atoms with Crippen LogP contribution in [0.2, 0.25) is 0 Å². The molecule has 1 amide bonds. The summed E-state index contributed by atoms with van der Waals surface area (Å²) >= 11 is 0. The van der Waals surface area contributed by atoms with Crippen LogP contribution in [0.25, 0.3) is 10.9 Å². The van der Waals surface area contributed by atoms with E-state index in [-0.39, 0.29) is 17.9 Å². The van der Waals surface area contributed by atoms with E-state index in [2.05, 4.69) is 70.7 Å². The predicted octanol–water partition coefficient (Wildman–Crippen LogP) is 6.13. The molecular formula is C30H39N3O. The van der Waals surface area contributed by atoms with Crippen LogP contribution in [0.1, 0.15) is 81.3 Å². The molecule has 0 saturated heterocycles. The number of aromatic nitrogens is 1. The number of hydrogen-bond donors (Lipinski definition) is 2. The summed E-state index contributed by atoms with van der Waals surface area (Å²) in [7, 11) is 0. The molecule has 1 heterocycles. The zero-order valence-corrected chi connectivity index (χ0v) is 20.3. The van der Waals surface area contributed by atoms with Gasteiger partial charge >= 0.3 is 0 Å². The van der Waals surface area contributed by atoms with Crippen molar-refractivity contribution in [3.63, 3.8) is 0 Å². The topological polar surface area (TPSA) is 60.0 Å². The van der Waals surface area contributed by atoms with Crippen LogP contribution in [0, 0.1) is 5.92 Å². The Balaban J connectivity index is 1.43. The van der Waals surface area contributed by atoms with E-state index in [0.29, 0.717) is 12.5 Å². The molecule has 34 heavy (non-hydrogen) atoms. The van der Waals surface area contributed by atoms with Gasteiger partial charge in [-0.15, -0.1) is 0 Å². The van der Waals surface area contributed by atoms with Gasteiger partial charge in [-0.25, -0.2) is 0 Å². The Kier molecular flexibility index (Phi) is 7.34. The van der Waals surface area contributed by atoms with Crippen LogP contribution in [0.3, 0.4) is 0 Å². The molecule has 2 aromatic carbocycles. The van der Waals surface area contributed by atoms with E-state index >= 15 is 0 Å². The molecule has 0 radical (unpaired) electrons. The van der Waals surface area contributed by atoms with Gasteiger partial charge in [-0.1, -0.05) is 67.8 Å². The summed E-state index contributed by atoms with van der Waals surface area (Å²) in [5.74, 6) is 0.955. The Morgan fingerprint density at radius 2 is 1.62 bits per heavy atom. The fourth-order valence-electron chi connectivity index (χ4n) is 6.18. The highest BCUT2D eigenvalue weighted by Crippen LogP contribution is 2.36. The van der Waals surface area contributed by atoms with Gasteiger partial charge in [-0.05, 0) is 61.6 Å². The number of fused-ring (bicyclic) bond motifs is 1. The lowest BCUT2D eigenvalue weighted by Crippen LogP contribution is -2.40. The summed E-state index contributed by atoms with van der Waals surface area (Å²) in [5.41, 5.74) is 9.85. The summed E-state index contributed by atoms with van der Waals surface area (Å²) in [5, 5.41) is 4.61. The molecular weight excluding hydrogens is 418 g/mol. The lowest BCUT2D eigenvalue weighted by molar-refractivity contribution is -0.122. The maximum Gasteiger partial charge on any atom is 0.221 e. The van der Waals surface area contributed by atoms with Crippen molar-refractivity contribution in [1.29, 1.82) is 0 Å². The molecule has 0 aliphatic heterocycles. The van der Waals surface area contributed by atoms with E-state index in [1.807, 2.05) is 0 Å². The van der Waals surface area contributed by atoms with Crippen LogP contribution < -0.4 is 11.1 Å². The summed E-state index contributed by atoms with van der Waals surface area (Å²) in [6, 6.07) is 19.9. The molecule has 3 aromatic rings. The fraction of sp³-hybridized carbons (Fsp3) is 0.500. The number of amides is 1. The first-order chi connectivity index (χ1) is 16.7. The van der Waals surface area contributed by atoms with Gasteiger partial charge in [-0.2, -0.15) is 0 Å². The molecule has 4 heteroatoms. The van der Waals surface area contributed by atoms with Gasteiger partial charge in [0.05, 0.1) is 0 Å². The molecule has 1 aromatic heterocycles. The molecule has 180 valence electrons. The van der Waals surface area contributed by atoms with Gasteiger partial charge in [0, 0.05) is 48.1 Å². The van der Waals surface area contributed by atoms with Crippen molar-refractivity contribution in [2.45, 2.75) is 88.8 Å². The van der Waals surface area contributed by atoms with Crippen LogP contribution in [0.15, 0.2) is 60.8 Å². The van der Waals surface area contributed by atoms with E-state index in [1.54, 1.807) is 0 Å². The minimum Gasteiger partial charge on any atom is -0.353 e. The molecule has 3 N–H and O–H groups in total. The molecule has 2 aliphatic rings. The monoisotopic (exact) mass is 457 g/mol. The first-order valence-electron chi connectivity index (χ1n) is 13.3. The van der Waals surface area contributed by atoms with Gasteiger partial charge in [0.15, 0.2) is 0 Å². The number of rotatable bonds is 7. The number of nitrogens with one attached hydrogen (secondary N) is 1. The summed E-state index contributed by atoms with van der Waals surface area (Å²) in [6.07, 6.45) is 13.6. The number of nitrogens with two attached hydrogens (primary N) is 1. The third kappa shape index (κ3) is 5.38. The third-order valence-electron chi connectivity index (χ3n) is 8.10. The van der Waals surface area contributed by atoms with Crippen LogP contribution in [-0.2, 0) is 11.3 Å². The molecule has 5 rings (SSSR count). The number of nitrogens with zero attached hydrogens (tertiary/aromatic N) is 1. The van der Waals surface area contributed by atoms with Crippen molar-refractivity contribution in [2.24, 2.45) is 11.7 Å². The van der Waals surface area contributed by atoms with E-state index in [4.69, 9.17) is 5.73 Å². The van der Waals surface area contributed by atoms with Crippen LogP contribution >= 0.6 is 0 Å². The van der Waals surface area contributed by atoms with Crippen molar-refractivity contribution in [3.8, 4) is 0 Å². The second kappa shape index (κ2) is 10.8. The fourth-order valence-corrected chi connectivity index (χ4v) is 6.18. The first kappa shape index (κ1) is 23.2. The summed E-state index contributed by atoms with van der Waals surface area (Å²) in [4.78, 5) is 13.3. The number of carbonyl (C=O) groups is 1. The average Bonchev–Trinajstić information content (AvgIpc) is 3.23. The standard InChI is InChI=1S/C30H39N3O/c31-24-15-17-25(18-16-24)32-30(34)19-27(23-11-5-2-6-12-23)28-21-33(20-22-9-3-1-4-10-22)29-14-8-7-13-26(28)29/h2,5-8,11-14,21-22,24-25,27H,1,3-4,9-10,15-20,31H2,(H,32,34). The number of hydrogen-bond acceptors (Lipinski definition) is 2. The third-order valence-corrected chi connectivity index (χ3v) is 8.10. The molecule has 2 saturated carbocycles. The van der Waals surface area contributed by atoms with Crippen LogP contribution in [-0.4, -0.2) is 22.6 Å². The molecule has 2 fully saturated rings. The Morgan fingerprint density at radius 1 is 0.912 bits per heavy atom. The minimum absolute atomic E-state index is 0.0459. The zero-order valence-electron chi connectivity index (χ0n) is 20.3. The normalized spacial score (nSPS) is 22.5. The smallest absolute Gasteiger partial charge is 0.221 e. The maximum absolute atomic E-state index is 13.3. The second-order valence-corrected chi connectivity index (χ2v) is 10.6. The summed E-state index contributed by atoms with van der Waals surface area (Å²) in [6.45, 7) is 1.08. The van der Waals surface area contributed by atoms with Crippen molar-refractivity contribution < 1.29 is 4.79 Å². The molecule has 2 aliphatic carbocycles. The lowest BCUT2D eigenvalue weighted by atomic mass is 9.87. The Hall–Kier alpha value is -2.59. The highest BCUT2D eigenvalue weighted by molar-refractivity contribution is 5.86. The minimum atomic E-state index is 0.0459. The van der Waals surface area contributed by atoms with Crippen LogP contribution in [0.5, 0.6) is 0 Å². The van der Waals surface area contributed by atoms with Gasteiger partial charge in [0.25, 0.3) is 0 Å². The van der Waals surface area contributed by atoms with Gasteiger partial charge in [-0.3, -0.25) is 4.79 Å². The number of para-hydroxylation sites is 1. The molecule has 0 spiro atoms. The molecule has 0 bridgehead atoms. The predicted molar refractivity (Wildman–Crippen MR) is 140 cm³/mol. The second-order valence-electron chi connectivity index (χ2n) is 10.6. The van der Waals surface area contributed by atoms with E-state index < -0.39 is 0 Å². The van der Waals surface area contributed by atoms with Crippen LogP contribution in [0.4, 0.5) is 0 Å². The largest absolute Gasteiger partial charge is 0.353 e. The Labute approximate surface area is 203 Å². The van der Waals surface area contributed by atoms with Gasteiger partial charge in [0.1, 0.15) is 0 Å². The number of benzene rings is 2. The van der Waals surface area contributed by atoms with Crippen molar-refractivity contribution in [2.75, 3.05) is 0 Å². The zero-order chi connectivity index (χ0) is 23.3. The van der Waals surface area contributed by atoms with Crippen molar-refractivity contribution >= 4 is 16.8 Å². The first-order valence-corrected chi connectivity index (χ1v) is 13.3. The van der Waals surface area contributed by atoms with Crippen molar-refractivity contribution in [1.82, 2.24) is 9.88 Å². The van der Waals surface area contributed by atoms with E-state index in [1.165, 1.54) is 54.1 Å². The maximum atomic E-state index is 13.3. The molecule has 1 atom stereocenters. The van der Waals surface area contributed by atoms with Gasteiger partial charge in [0.2, 0.25) is 5.91 Å². The van der Waals surface area contributed by atoms with E-state index in [0.717, 1.165) is 38.1 Å². The van der Waals surface area contributed by atoms with Gasteiger partial charge < -0.3 is 15.6 Å². The SMILES string of the molecule is NC1CCC(NC(=O)CC(c2ccccc2)c2cn(CC3CCCCC3)c3ccccc23)CC1. The summed E-state index contributed by atoms with van der Waals surface area (Å²) < 4.78 is 2.47. The lowest BCUT2D eigenvalue weighted by Gasteiger charge is -2.27. The quantitative estimate of drug-likeness (QED) is 0.448. The Morgan fingerprint density at radius 3 is 2.38 bits per heavy atom. The Bertz CT molecular complexity index is 1070. The molecule has 1 unspecified atom stereocenters. The van der Waals surface area contributed by atoms with E-state index in [9.17, 15) is 4.79 Å². The number of carbonyl (C=O) groups excluding carboxylic acids is 1. The average molecular weight is 458 g/mol. The van der Waals surface area contributed by atoms with Crippen molar-refractivity contribution in [3.05, 3.63) is 71.9 Å². The highest BCUT2D eigenvalue weighted by Gasteiger charge is 2.26. The highest BCUT2D eigenvalue weighted by atomic mass is 16.1.